The Labute approximate surface area is 158 Å². The van der Waals surface area contributed by atoms with Crippen molar-refractivity contribution in [1.82, 2.24) is 4.57 Å². The van der Waals surface area contributed by atoms with Gasteiger partial charge in [-0.25, -0.2) is 4.79 Å². The number of halogens is 1. The number of hydrogen-bond acceptors (Lipinski definition) is 6. The van der Waals surface area contributed by atoms with Gasteiger partial charge in [-0.05, 0) is 11.6 Å². The van der Waals surface area contributed by atoms with Gasteiger partial charge in [-0.1, -0.05) is 29.8 Å². The van der Waals surface area contributed by atoms with E-state index in [4.69, 9.17) is 25.8 Å². The van der Waals surface area contributed by atoms with Crippen LogP contribution in [0, 0.1) is 0 Å². The van der Waals surface area contributed by atoms with Crippen LogP contribution in [0.5, 0.6) is 0 Å². The molecule has 0 aliphatic carbocycles. The molecule has 2 aromatic rings. The van der Waals surface area contributed by atoms with E-state index in [1.54, 1.807) is 10.6 Å². The molecule has 1 amide bonds. The summed E-state index contributed by atoms with van der Waals surface area (Å²) in [6.45, 7) is 0.627. The third kappa shape index (κ3) is 4.74. The number of aromatic nitrogens is 1. The van der Waals surface area contributed by atoms with Crippen molar-refractivity contribution in [3.05, 3.63) is 63.3 Å². The van der Waals surface area contributed by atoms with Gasteiger partial charge in [-0.15, -0.1) is 11.3 Å². The molecular formula is C17H15ClN2O5S. The van der Waals surface area contributed by atoms with Crippen molar-refractivity contribution in [2.24, 2.45) is 4.99 Å². The second kappa shape index (κ2) is 8.68. The maximum Gasteiger partial charge on any atom is 0.377 e. The van der Waals surface area contributed by atoms with Crippen molar-refractivity contribution in [1.29, 1.82) is 0 Å². The molecule has 0 bridgehead atoms. The summed E-state index contributed by atoms with van der Waals surface area (Å²) < 4.78 is 16.7. The lowest BCUT2D eigenvalue weighted by Crippen LogP contribution is -2.22. The van der Waals surface area contributed by atoms with Crippen LogP contribution in [0.4, 0.5) is 0 Å². The van der Waals surface area contributed by atoms with E-state index < -0.39 is 18.5 Å². The van der Waals surface area contributed by atoms with E-state index in [0.717, 1.165) is 5.56 Å². The van der Waals surface area contributed by atoms with Crippen LogP contribution >= 0.6 is 22.9 Å². The standard InChI is InChI=1S/C17H15ClN2O5S/c18-13-4-2-1-3-12(13)9-20-5-8-26-17(20)19-15(21)11-25-16(22)14-10-23-6-7-24-14/h1-5,8,10H,6-7,9,11H2. The zero-order valence-electron chi connectivity index (χ0n) is 13.6. The molecular weight excluding hydrogens is 380 g/mol. The quantitative estimate of drug-likeness (QED) is 0.726. The molecule has 2 heterocycles. The average Bonchev–Trinajstić information content (AvgIpc) is 3.09. The van der Waals surface area contributed by atoms with Gasteiger partial charge in [0.1, 0.15) is 19.5 Å². The topological polar surface area (TPSA) is 79.1 Å². The van der Waals surface area contributed by atoms with Crippen LogP contribution in [-0.2, 0) is 30.3 Å². The summed E-state index contributed by atoms with van der Waals surface area (Å²) in [6, 6.07) is 7.45. The van der Waals surface area contributed by atoms with Crippen LogP contribution in [0.15, 0.2) is 52.9 Å². The summed E-state index contributed by atoms with van der Waals surface area (Å²) in [4.78, 5) is 28.2. The molecule has 0 fully saturated rings. The first-order valence-corrected chi connectivity index (χ1v) is 8.96. The molecule has 7 nitrogen and oxygen atoms in total. The molecule has 0 saturated heterocycles. The second-order valence-corrected chi connectivity index (χ2v) is 6.47. The average molecular weight is 395 g/mol. The van der Waals surface area contributed by atoms with Gasteiger partial charge in [0.05, 0.1) is 6.54 Å². The van der Waals surface area contributed by atoms with Crippen molar-refractivity contribution in [3.63, 3.8) is 0 Å². The van der Waals surface area contributed by atoms with Gasteiger partial charge < -0.3 is 18.8 Å². The Morgan fingerprint density at radius 1 is 1.31 bits per heavy atom. The molecule has 0 saturated carbocycles. The van der Waals surface area contributed by atoms with Gasteiger partial charge >= 0.3 is 5.97 Å². The fourth-order valence-electron chi connectivity index (χ4n) is 2.13. The molecule has 0 unspecified atom stereocenters. The Hall–Kier alpha value is -2.58. The predicted molar refractivity (Wildman–Crippen MR) is 94.4 cm³/mol. The van der Waals surface area contributed by atoms with E-state index in [2.05, 4.69) is 4.99 Å². The summed E-state index contributed by atoms with van der Waals surface area (Å²) in [7, 11) is 0. The number of esters is 1. The molecule has 3 rings (SSSR count). The van der Waals surface area contributed by atoms with Crippen LogP contribution in [-0.4, -0.2) is 36.3 Å². The number of ether oxygens (including phenoxy) is 3. The number of rotatable bonds is 5. The first-order chi connectivity index (χ1) is 12.6. The Kier molecular flexibility index (Phi) is 6.08. The van der Waals surface area contributed by atoms with Gasteiger partial charge in [0.25, 0.3) is 5.91 Å². The molecule has 0 spiro atoms. The zero-order chi connectivity index (χ0) is 18.4. The number of benzene rings is 1. The van der Waals surface area contributed by atoms with E-state index in [0.29, 0.717) is 23.0 Å². The molecule has 0 atom stereocenters. The predicted octanol–water partition coefficient (Wildman–Crippen LogP) is 2.11. The van der Waals surface area contributed by atoms with Crippen molar-refractivity contribution >= 4 is 34.8 Å². The first-order valence-electron chi connectivity index (χ1n) is 7.70. The van der Waals surface area contributed by atoms with Crippen LogP contribution in [0.25, 0.3) is 0 Å². The Balaban J connectivity index is 1.64. The van der Waals surface area contributed by atoms with Crippen LogP contribution in [0.1, 0.15) is 5.56 Å². The lowest BCUT2D eigenvalue weighted by Gasteiger charge is -2.13. The fraction of sp³-hybridized carbons (Fsp3) is 0.235. The number of amides is 1. The zero-order valence-corrected chi connectivity index (χ0v) is 15.2. The SMILES string of the molecule is O=C(COC(=O)C1=COCCO1)N=c1sccn1Cc1ccccc1Cl. The minimum atomic E-state index is -0.761. The minimum Gasteiger partial charge on any atom is -0.493 e. The van der Waals surface area contributed by atoms with E-state index in [1.165, 1.54) is 17.6 Å². The highest BCUT2D eigenvalue weighted by Crippen LogP contribution is 2.15. The molecule has 26 heavy (non-hydrogen) atoms. The normalized spacial score (nSPS) is 14.2. The molecule has 1 aromatic carbocycles. The number of carbonyl (C=O) groups is 2. The fourth-order valence-corrected chi connectivity index (χ4v) is 3.07. The van der Waals surface area contributed by atoms with Gasteiger partial charge in [-0.3, -0.25) is 4.79 Å². The Bertz CT molecular complexity index is 902. The molecule has 1 aliphatic heterocycles. The summed E-state index contributed by atoms with van der Waals surface area (Å²) in [5.74, 6) is -1.40. The van der Waals surface area contributed by atoms with Crippen molar-refractivity contribution < 1.29 is 23.8 Å². The molecule has 136 valence electrons. The van der Waals surface area contributed by atoms with Crippen molar-refractivity contribution in [3.8, 4) is 0 Å². The molecule has 1 aromatic heterocycles. The second-order valence-electron chi connectivity index (χ2n) is 5.19. The third-order valence-corrected chi connectivity index (χ3v) is 4.52. The number of nitrogens with zero attached hydrogens (tertiary/aromatic N) is 2. The summed E-state index contributed by atoms with van der Waals surface area (Å²) in [6.07, 6.45) is 2.98. The van der Waals surface area contributed by atoms with Crippen molar-refractivity contribution in [2.75, 3.05) is 19.8 Å². The number of carbonyl (C=O) groups excluding carboxylic acids is 2. The van der Waals surface area contributed by atoms with Crippen LogP contribution in [0.2, 0.25) is 5.02 Å². The smallest absolute Gasteiger partial charge is 0.377 e. The maximum absolute atomic E-state index is 12.0. The van der Waals surface area contributed by atoms with E-state index >= 15 is 0 Å². The molecule has 0 radical (unpaired) electrons. The third-order valence-electron chi connectivity index (χ3n) is 3.36. The number of thiazole rings is 1. The summed E-state index contributed by atoms with van der Waals surface area (Å²) >= 11 is 7.47. The lowest BCUT2D eigenvalue weighted by molar-refractivity contribution is -0.148. The van der Waals surface area contributed by atoms with Gasteiger partial charge in [0.15, 0.2) is 11.4 Å². The molecule has 1 aliphatic rings. The maximum atomic E-state index is 12.0. The Morgan fingerprint density at radius 3 is 2.92 bits per heavy atom. The van der Waals surface area contributed by atoms with Crippen molar-refractivity contribution in [2.45, 2.75) is 6.54 Å². The monoisotopic (exact) mass is 394 g/mol. The van der Waals surface area contributed by atoms with E-state index in [9.17, 15) is 9.59 Å². The van der Waals surface area contributed by atoms with Gasteiger partial charge in [0.2, 0.25) is 5.76 Å². The van der Waals surface area contributed by atoms with E-state index in [1.807, 2.05) is 29.8 Å². The van der Waals surface area contributed by atoms with E-state index in [-0.39, 0.29) is 12.4 Å². The molecule has 0 N–H and O–H groups in total. The van der Waals surface area contributed by atoms with Gasteiger partial charge in [0, 0.05) is 16.6 Å². The summed E-state index contributed by atoms with van der Waals surface area (Å²) in [5, 5.41) is 2.45. The van der Waals surface area contributed by atoms with Crippen LogP contribution in [0.3, 0.4) is 0 Å². The minimum absolute atomic E-state index is 0.0612. The Morgan fingerprint density at radius 2 is 2.15 bits per heavy atom. The largest absolute Gasteiger partial charge is 0.493 e. The number of hydrogen-bond donors (Lipinski definition) is 0. The first kappa shape index (κ1) is 18.2. The highest BCUT2D eigenvalue weighted by atomic mass is 35.5. The lowest BCUT2D eigenvalue weighted by atomic mass is 10.2. The molecule has 9 heteroatoms. The van der Waals surface area contributed by atoms with Crippen LogP contribution < -0.4 is 4.80 Å². The van der Waals surface area contributed by atoms with Gasteiger partial charge in [-0.2, -0.15) is 4.99 Å². The highest BCUT2D eigenvalue weighted by Gasteiger charge is 2.17. The highest BCUT2D eigenvalue weighted by molar-refractivity contribution is 7.07. The summed E-state index contributed by atoms with van der Waals surface area (Å²) in [5.41, 5.74) is 0.911.